The first-order chi connectivity index (χ1) is 9.54. The SMILES string of the molecule is CC1CCc2cc(OC(F)F)ccc2OCCC(=O)C1. The van der Waals surface area contributed by atoms with Gasteiger partial charge in [-0.1, -0.05) is 6.92 Å². The first-order valence-electron chi connectivity index (χ1n) is 6.77. The molecular formula is C15H18F2O3. The largest absolute Gasteiger partial charge is 0.493 e. The monoisotopic (exact) mass is 284 g/mol. The molecule has 3 nitrogen and oxygen atoms in total. The second kappa shape index (κ2) is 6.68. The number of aryl methyl sites for hydroxylation is 1. The van der Waals surface area contributed by atoms with Gasteiger partial charge in [-0.25, -0.2) is 0 Å². The van der Waals surface area contributed by atoms with Crippen LogP contribution in [0.2, 0.25) is 0 Å². The molecule has 0 saturated heterocycles. The standard InChI is InChI=1S/C15H18F2O3/c1-10-2-3-11-9-13(20-15(16)17)4-5-14(11)19-7-6-12(18)8-10/h4-5,9-10,15H,2-3,6-8H2,1H3. The Bertz CT molecular complexity index is 474. The summed E-state index contributed by atoms with van der Waals surface area (Å²) in [7, 11) is 0. The van der Waals surface area contributed by atoms with Crippen LogP contribution in [0.1, 0.15) is 31.7 Å². The minimum atomic E-state index is -2.83. The van der Waals surface area contributed by atoms with E-state index < -0.39 is 6.61 Å². The predicted molar refractivity (Wildman–Crippen MR) is 70.3 cm³/mol. The van der Waals surface area contributed by atoms with E-state index >= 15 is 0 Å². The van der Waals surface area contributed by atoms with Crippen LogP contribution < -0.4 is 9.47 Å². The maximum Gasteiger partial charge on any atom is 0.387 e. The van der Waals surface area contributed by atoms with Gasteiger partial charge in [-0.15, -0.1) is 0 Å². The molecule has 1 aliphatic rings. The fourth-order valence-corrected chi connectivity index (χ4v) is 2.34. The van der Waals surface area contributed by atoms with Crippen LogP contribution in [0.3, 0.4) is 0 Å². The second-order valence-corrected chi connectivity index (χ2v) is 5.13. The molecule has 0 aliphatic carbocycles. The highest BCUT2D eigenvalue weighted by Crippen LogP contribution is 2.29. The molecule has 5 heteroatoms. The Morgan fingerprint density at radius 1 is 1.35 bits per heavy atom. The molecule has 1 heterocycles. The van der Waals surface area contributed by atoms with Gasteiger partial charge in [0, 0.05) is 12.8 Å². The first-order valence-corrected chi connectivity index (χ1v) is 6.77. The van der Waals surface area contributed by atoms with Crippen LogP contribution in [0.25, 0.3) is 0 Å². The number of hydrogen-bond acceptors (Lipinski definition) is 3. The highest BCUT2D eigenvalue weighted by Gasteiger charge is 2.15. The van der Waals surface area contributed by atoms with E-state index in [1.807, 2.05) is 6.92 Å². The smallest absolute Gasteiger partial charge is 0.387 e. The van der Waals surface area contributed by atoms with Gasteiger partial charge in [0.15, 0.2) is 0 Å². The van der Waals surface area contributed by atoms with Gasteiger partial charge in [-0.3, -0.25) is 4.79 Å². The van der Waals surface area contributed by atoms with Gasteiger partial charge in [0.25, 0.3) is 0 Å². The Hall–Kier alpha value is -1.65. The maximum absolute atomic E-state index is 12.2. The molecule has 20 heavy (non-hydrogen) atoms. The highest BCUT2D eigenvalue weighted by molar-refractivity contribution is 5.78. The second-order valence-electron chi connectivity index (χ2n) is 5.13. The molecule has 1 atom stereocenters. The molecule has 1 aromatic rings. The highest BCUT2D eigenvalue weighted by atomic mass is 19.3. The Morgan fingerprint density at radius 3 is 2.90 bits per heavy atom. The van der Waals surface area contributed by atoms with Crippen LogP contribution >= 0.6 is 0 Å². The summed E-state index contributed by atoms with van der Waals surface area (Å²) in [5.74, 6) is 1.28. The van der Waals surface area contributed by atoms with E-state index in [0.29, 0.717) is 31.6 Å². The molecule has 0 radical (unpaired) electrons. The summed E-state index contributed by atoms with van der Waals surface area (Å²) in [6.07, 6.45) is 2.44. The maximum atomic E-state index is 12.2. The molecule has 0 spiro atoms. The van der Waals surface area contributed by atoms with E-state index in [-0.39, 0.29) is 17.5 Å². The minimum absolute atomic E-state index is 0.142. The molecule has 0 aromatic heterocycles. The Balaban J connectivity index is 2.17. The molecule has 0 amide bonds. The third kappa shape index (κ3) is 4.18. The summed E-state index contributed by atoms with van der Waals surface area (Å²) >= 11 is 0. The van der Waals surface area contributed by atoms with E-state index in [0.717, 1.165) is 12.0 Å². The number of ketones is 1. The topological polar surface area (TPSA) is 35.5 Å². The molecule has 1 unspecified atom stereocenters. The normalized spacial score (nSPS) is 20.2. The van der Waals surface area contributed by atoms with Gasteiger partial charge in [-0.2, -0.15) is 8.78 Å². The zero-order valence-corrected chi connectivity index (χ0v) is 11.4. The number of halogens is 2. The Morgan fingerprint density at radius 2 is 2.15 bits per heavy atom. The number of hydrogen-bond donors (Lipinski definition) is 0. The number of carbonyl (C=O) groups excluding carboxylic acids is 1. The van der Waals surface area contributed by atoms with Crippen molar-refractivity contribution in [3.8, 4) is 11.5 Å². The molecule has 2 rings (SSSR count). The molecular weight excluding hydrogens is 266 g/mol. The number of carbonyl (C=O) groups is 1. The van der Waals surface area contributed by atoms with Crippen LogP contribution in [-0.2, 0) is 11.2 Å². The van der Waals surface area contributed by atoms with Crippen molar-refractivity contribution in [2.24, 2.45) is 5.92 Å². The van der Waals surface area contributed by atoms with Gasteiger partial charge in [0.05, 0.1) is 6.61 Å². The molecule has 1 aromatic carbocycles. The zero-order chi connectivity index (χ0) is 14.5. The van der Waals surface area contributed by atoms with Crippen LogP contribution in [-0.4, -0.2) is 19.0 Å². The van der Waals surface area contributed by atoms with Crippen LogP contribution in [0, 0.1) is 5.92 Å². The number of alkyl halides is 2. The van der Waals surface area contributed by atoms with Crippen molar-refractivity contribution < 1.29 is 23.0 Å². The Labute approximate surface area is 116 Å². The van der Waals surface area contributed by atoms with E-state index in [9.17, 15) is 13.6 Å². The molecule has 0 fully saturated rings. The molecule has 0 N–H and O–H groups in total. The van der Waals surface area contributed by atoms with Gasteiger partial charge in [0.1, 0.15) is 17.3 Å². The van der Waals surface area contributed by atoms with Crippen molar-refractivity contribution in [2.75, 3.05) is 6.61 Å². The average molecular weight is 284 g/mol. The van der Waals surface area contributed by atoms with E-state index in [1.165, 1.54) is 6.07 Å². The summed E-state index contributed by atoms with van der Waals surface area (Å²) in [4.78, 5) is 11.6. The van der Waals surface area contributed by atoms with Gasteiger partial charge < -0.3 is 9.47 Å². The van der Waals surface area contributed by atoms with Gasteiger partial charge in [-0.05, 0) is 42.5 Å². The summed E-state index contributed by atoms with van der Waals surface area (Å²) in [6.45, 7) is -0.474. The summed E-state index contributed by atoms with van der Waals surface area (Å²) in [6, 6.07) is 4.68. The predicted octanol–water partition coefficient (Wildman–Crippen LogP) is 3.60. The summed E-state index contributed by atoms with van der Waals surface area (Å²) < 4.78 is 34.4. The lowest BCUT2D eigenvalue weighted by Gasteiger charge is -2.17. The van der Waals surface area contributed by atoms with Crippen molar-refractivity contribution in [1.29, 1.82) is 0 Å². The summed E-state index contributed by atoms with van der Waals surface area (Å²) in [5.41, 5.74) is 0.851. The van der Waals surface area contributed by atoms with E-state index in [4.69, 9.17) is 4.74 Å². The van der Waals surface area contributed by atoms with Gasteiger partial charge >= 0.3 is 6.61 Å². The average Bonchev–Trinajstić information content (AvgIpc) is 2.37. The molecule has 110 valence electrons. The van der Waals surface area contributed by atoms with Crippen LogP contribution in [0.4, 0.5) is 8.78 Å². The lowest BCUT2D eigenvalue weighted by molar-refractivity contribution is -0.120. The number of ether oxygens (including phenoxy) is 2. The van der Waals surface area contributed by atoms with Crippen LogP contribution in [0.15, 0.2) is 18.2 Å². The van der Waals surface area contributed by atoms with E-state index in [1.54, 1.807) is 12.1 Å². The zero-order valence-electron chi connectivity index (χ0n) is 11.4. The Kier molecular flexibility index (Phi) is 4.93. The number of fused-ring (bicyclic) bond motifs is 1. The van der Waals surface area contributed by atoms with Crippen molar-refractivity contribution in [3.63, 3.8) is 0 Å². The number of Topliss-reactive ketones (excluding diaryl/α,β-unsaturated/α-hetero) is 1. The third-order valence-electron chi connectivity index (χ3n) is 3.38. The summed E-state index contributed by atoms with van der Waals surface area (Å²) in [5, 5.41) is 0. The van der Waals surface area contributed by atoms with Gasteiger partial charge in [0.2, 0.25) is 0 Å². The first kappa shape index (κ1) is 14.8. The third-order valence-corrected chi connectivity index (χ3v) is 3.38. The van der Waals surface area contributed by atoms with Crippen molar-refractivity contribution in [3.05, 3.63) is 23.8 Å². The fraction of sp³-hybridized carbons (Fsp3) is 0.533. The van der Waals surface area contributed by atoms with Crippen molar-refractivity contribution in [2.45, 2.75) is 39.2 Å². The minimum Gasteiger partial charge on any atom is -0.493 e. The van der Waals surface area contributed by atoms with Crippen LogP contribution in [0.5, 0.6) is 11.5 Å². The van der Waals surface area contributed by atoms with E-state index in [2.05, 4.69) is 4.74 Å². The lowest BCUT2D eigenvalue weighted by Crippen LogP contribution is -2.13. The molecule has 1 aliphatic heterocycles. The van der Waals surface area contributed by atoms with Crippen molar-refractivity contribution in [1.82, 2.24) is 0 Å². The number of rotatable bonds is 2. The lowest BCUT2D eigenvalue weighted by atomic mass is 9.94. The fourth-order valence-electron chi connectivity index (χ4n) is 2.34. The number of benzene rings is 1. The quantitative estimate of drug-likeness (QED) is 0.832. The van der Waals surface area contributed by atoms with Crippen molar-refractivity contribution >= 4 is 5.78 Å². The molecule has 0 bridgehead atoms. The molecule has 0 saturated carbocycles.